The normalized spacial score (nSPS) is 10.1. The second kappa shape index (κ2) is 10.1. The van der Waals surface area contributed by atoms with Crippen molar-refractivity contribution < 1.29 is 34.2 Å². The average Bonchev–Trinajstić information content (AvgIpc) is 3.31. The number of hydrogen-bond donors (Lipinski definition) is 2. The molecule has 2 N–H and O–H groups in total. The van der Waals surface area contributed by atoms with Gasteiger partial charge in [-0.05, 0) is 29.8 Å². The van der Waals surface area contributed by atoms with Crippen LogP contribution in [0.25, 0.3) is 11.1 Å². The smallest absolute Gasteiger partial charge is 0.321 e. The summed E-state index contributed by atoms with van der Waals surface area (Å²) in [5, 5.41) is 6.70. The minimum Gasteiger partial charge on any atom is -1.00 e. The Labute approximate surface area is 169 Å². The summed E-state index contributed by atoms with van der Waals surface area (Å²) in [4.78, 5) is 23.5. The second-order valence-corrected chi connectivity index (χ2v) is 7.19. The third-order valence-electron chi connectivity index (χ3n) is 3.28. The van der Waals surface area contributed by atoms with Crippen LogP contribution in [0.5, 0.6) is 0 Å². The number of nitrogens with one attached hydrogen (secondary N) is 2. The Balaban J connectivity index is 0.00000261. The van der Waals surface area contributed by atoms with Gasteiger partial charge >= 0.3 is 6.03 Å². The molecule has 2 heterocycles. The van der Waals surface area contributed by atoms with E-state index in [4.69, 9.17) is 4.42 Å². The van der Waals surface area contributed by atoms with Crippen LogP contribution in [0.3, 0.4) is 0 Å². The van der Waals surface area contributed by atoms with E-state index in [1.54, 1.807) is 27.6 Å². The molecule has 10 heteroatoms. The van der Waals surface area contributed by atoms with E-state index in [0.29, 0.717) is 5.76 Å². The lowest BCUT2D eigenvalue weighted by molar-refractivity contribution is -0.410. The molecular weight excluding hydrogens is 413 g/mol. The topological polar surface area (TPSA) is 75.2 Å². The van der Waals surface area contributed by atoms with Crippen molar-refractivity contribution in [2.75, 3.05) is 5.75 Å². The largest absolute Gasteiger partial charge is 1.00 e. The highest BCUT2D eigenvalue weighted by Crippen LogP contribution is 2.20. The van der Waals surface area contributed by atoms with Crippen molar-refractivity contribution in [2.24, 2.45) is 0 Å². The molecule has 3 amide bonds. The van der Waals surface area contributed by atoms with E-state index in [0.717, 1.165) is 11.1 Å². The van der Waals surface area contributed by atoms with Gasteiger partial charge in [-0.15, -0.1) is 0 Å². The lowest BCUT2D eigenvalue weighted by Gasteiger charge is -2.03. The molecule has 0 aliphatic rings. The third kappa shape index (κ3) is 6.38. The predicted octanol–water partition coefficient (Wildman–Crippen LogP) is -0.0390. The van der Waals surface area contributed by atoms with E-state index in [2.05, 4.69) is 10.6 Å². The summed E-state index contributed by atoms with van der Waals surface area (Å²) in [6.07, 6.45) is 3.36. The lowest BCUT2D eigenvalue weighted by atomic mass is 10.1. The monoisotopic (exact) mass is 427 g/mol. The van der Waals surface area contributed by atoms with Crippen LogP contribution in [0.4, 0.5) is 9.18 Å². The molecule has 27 heavy (non-hydrogen) atoms. The highest BCUT2D eigenvalue weighted by atomic mass is 35.5. The Morgan fingerprint density at radius 3 is 2.67 bits per heavy atom. The Morgan fingerprint density at radius 1 is 1.19 bits per heavy atom. The molecule has 0 atom stereocenters. The minimum atomic E-state index is -0.574. The number of benzene rings is 1. The van der Waals surface area contributed by atoms with Crippen LogP contribution in [0.1, 0.15) is 5.76 Å². The van der Waals surface area contributed by atoms with Crippen molar-refractivity contribution in [2.45, 2.75) is 6.54 Å². The Morgan fingerprint density at radius 2 is 1.96 bits per heavy atom. The first-order valence-corrected chi connectivity index (χ1v) is 9.38. The molecule has 6 nitrogen and oxygen atoms in total. The number of nitrogens with zero attached hydrogens (tertiary/aromatic N) is 1. The number of aromatic nitrogens is 1. The van der Waals surface area contributed by atoms with Gasteiger partial charge in [-0.1, -0.05) is 15.5 Å². The summed E-state index contributed by atoms with van der Waals surface area (Å²) in [5.41, 5.74) is 1.82. The Kier molecular flexibility index (Phi) is 7.83. The number of rotatable bonds is 6. The van der Waals surface area contributed by atoms with Gasteiger partial charge < -0.3 is 22.1 Å². The number of furan rings is 1. The molecule has 0 aliphatic heterocycles. The molecule has 0 spiro atoms. The second-order valence-electron chi connectivity index (χ2n) is 5.18. The summed E-state index contributed by atoms with van der Waals surface area (Å²) in [6.45, 7) is 0.208. The molecule has 142 valence electrons. The Bertz CT molecular complexity index is 885. The average molecular weight is 428 g/mol. The first kappa shape index (κ1) is 20.9. The summed E-state index contributed by atoms with van der Waals surface area (Å²) in [5.74, 6) is -0.00351. The highest BCUT2D eigenvalue weighted by Gasteiger charge is 2.16. The van der Waals surface area contributed by atoms with Gasteiger partial charge in [0, 0.05) is 0 Å². The number of carbonyl (C=O) groups is 2. The first-order chi connectivity index (χ1) is 12.6. The summed E-state index contributed by atoms with van der Waals surface area (Å²) >= 11 is 2.67. The number of urea groups is 1. The number of hydrogen-bond acceptors (Lipinski definition) is 5. The molecule has 0 unspecified atom stereocenters. The molecule has 0 aliphatic carbocycles. The zero-order valence-corrected chi connectivity index (χ0v) is 16.2. The van der Waals surface area contributed by atoms with Gasteiger partial charge in [-0.25, -0.2) is 9.18 Å². The van der Waals surface area contributed by atoms with Gasteiger partial charge in [0.15, 0.2) is 11.9 Å². The van der Waals surface area contributed by atoms with Crippen LogP contribution in [0.2, 0.25) is 0 Å². The van der Waals surface area contributed by atoms with E-state index in [1.165, 1.54) is 41.9 Å². The van der Waals surface area contributed by atoms with Crippen molar-refractivity contribution >= 4 is 35.4 Å². The highest BCUT2D eigenvalue weighted by molar-refractivity contribution is 7.94. The molecule has 0 radical (unpaired) electrons. The SMILES string of the molecule is O=C(CS[n+]1cc(-c2ccc(F)cc2)cs1)NC(=O)NCc1ccco1.[Cl-]. The van der Waals surface area contributed by atoms with Crippen molar-refractivity contribution in [3.8, 4) is 11.1 Å². The van der Waals surface area contributed by atoms with Gasteiger partial charge in [0.05, 0.1) is 23.8 Å². The number of imide groups is 1. The molecular formula is C17H15ClFN3O3S2. The standard InChI is InChI=1S/C17H14FN3O3S2.ClH/c18-14-5-3-12(4-6-14)13-9-21(25-10-13)26-11-16(22)20-17(23)19-8-15-2-1-7-24-15;/h1-7,9-10H,8,11H2,(H-,19,20,22,23);1H. The zero-order valence-electron chi connectivity index (χ0n) is 13.9. The van der Waals surface area contributed by atoms with Crippen molar-refractivity contribution in [3.05, 3.63) is 65.8 Å². The molecule has 1 aromatic carbocycles. The van der Waals surface area contributed by atoms with E-state index < -0.39 is 11.9 Å². The van der Waals surface area contributed by atoms with Gasteiger partial charge in [0.25, 0.3) is 0 Å². The van der Waals surface area contributed by atoms with Crippen LogP contribution >= 0.6 is 23.5 Å². The van der Waals surface area contributed by atoms with Gasteiger partial charge in [0.2, 0.25) is 12.1 Å². The number of amides is 3. The molecule has 0 saturated carbocycles. The third-order valence-corrected chi connectivity index (χ3v) is 5.28. The zero-order chi connectivity index (χ0) is 18.4. The number of halogens is 2. The van der Waals surface area contributed by atoms with Gasteiger partial charge in [0.1, 0.15) is 28.9 Å². The summed E-state index contributed by atoms with van der Waals surface area (Å²) in [6, 6.07) is 9.07. The Hall–Kier alpha value is -2.36. The predicted molar refractivity (Wildman–Crippen MR) is 96.9 cm³/mol. The lowest BCUT2D eigenvalue weighted by Crippen LogP contribution is -3.00. The fourth-order valence-electron chi connectivity index (χ4n) is 2.05. The molecule has 0 saturated heterocycles. The fraction of sp³-hybridized carbons (Fsp3) is 0.118. The molecule has 3 rings (SSSR count). The van der Waals surface area contributed by atoms with Gasteiger partial charge in [-0.2, -0.15) is 0 Å². The summed E-state index contributed by atoms with van der Waals surface area (Å²) in [7, 11) is 0. The van der Waals surface area contributed by atoms with E-state index in [9.17, 15) is 14.0 Å². The molecule has 0 bridgehead atoms. The maximum Gasteiger partial charge on any atom is 0.321 e. The van der Waals surface area contributed by atoms with E-state index >= 15 is 0 Å². The maximum atomic E-state index is 13.0. The van der Waals surface area contributed by atoms with Crippen LogP contribution < -0.4 is 26.4 Å². The van der Waals surface area contributed by atoms with Gasteiger partial charge in [-0.3, -0.25) is 10.1 Å². The minimum absolute atomic E-state index is 0. The molecule has 3 aromatic rings. The maximum absolute atomic E-state index is 13.0. The van der Waals surface area contributed by atoms with E-state index in [-0.39, 0.29) is 30.5 Å². The number of carbonyl (C=O) groups excluding carboxylic acids is 2. The first-order valence-electron chi connectivity index (χ1n) is 7.60. The molecule has 0 fully saturated rings. The molecule has 2 aromatic heterocycles. The van der Waals surface area contributed by atoms with Crippen LogP contribution in [-0.4, -0.2) is 17.7 Å². The van der Waals surface area contributed by atoms with Crippen LogP contribution in [-0.2, 0) is 11.3 Å². The fourth-order valence-corrected chi connectivity index (χ4v) is 3.67. The van der Waals surface area contributed by atoms with E-state index in [1.807, 2.05) is 11.6 Å². The van der Waals surface area contributed by atoms with Crippen molar-refractivity contribution in [3.63, 3.8) is 0 Å². The van der Waals surface area contributed by atoms with Crippen molar-refractivity contribution in [1.82, 2.24) is 10.6 Å². The quantitative estimate of drug-likeness (QED) is 0.541. The van der Waals surface area contributed by atoms with Crippen molar-refractivity contribution in [1.29, 1.82) is 0 Å². The van der Waals surface area contributed by atoms with Crippen LogP contribution in [0, 0.1) is 5.82 Å². The summed E-state index contributed by atoms with van der Waals surface area (Å²) < 4.78 is 19.9. The van der Waals surface area contributed by atoms with Crippen LogP contribution in [0.15, 0.2) is 58.7 Å².